The molecule has 0 unspecified atom stereocenters. The number of fused-ring (bicyclic) bond motifs is 1. The summed E-state index contributed by atoms with van der Waals surface area (Å²) in [7, 11) is 0. The fourth-order valence-corrected chi connectivity index (χ4v) is 4.75. The van der Waals surface area contributed by atoms with E-state index < -0.39 is 17.4 Å². The van der Waals surface area contributed by atoms with Crippen LogP contribution in [0.25, 0.3) is 10.8 Å². The van der Waals surface area contributed by atoms with Crippen LogP contribution < -0.4 is 0 Å². The van der Waals surface area contributed by atoms with E-state index in [1.807, 2.05) is 12.1 Å². The van der Waals surface area contributed by atoms with Crippen molar-refractivity contribution in [1.29, 1.82) is 0 Å². The van der Waals surface area contributed by atoms with Crippen LogP contribution in [0.2, 0.25) is 0 Å². The minimum absolute atomic E-state index is 0.143. The van der Waals surface area contributed by atoms with E-state index in [1.54, 1.807) is 0 Å². The molecule has 2 aromatic carbocycles. The van der Waals surface area contributed by atoms with E-state index in [1.165, 1.54) is 16.3 Å². The van der Waals surface area contributed by atoms with Crippen LogP contribution in [0.3, 0.4) is 0 Å². The highest BCUT2D eigenvalue weighted by molar-refractivity contribution is 5.99. The van der Waals surface area contributed by atoms with Crippen LogP contribution in [0.15, 0.2) is 42.5 Å². The van der Waals surface area contributed by atoms with Gasteiger partial charge < -0.3 is 10.2 Å². The van der Waals surface area contributed by atoms with Gasteiger partial charge in [0.1, 0.15) is 0 Å². The molecular weight excluding hydrogens is 318 g/mol. The third-order valence-corrected chi connectivity index (χ3v) is 6.07. The summed E-state index contributed by atoms with van der Waals surface area (Å²) in [5, 5.41) is 21.0. The summed E-state index contributed by atoms with van der Waals surface area (Å²) < 4.78 is 0. The molecule has 1 aliphatic heterocycles. The molecule has 2 aromatic rings. The first kappa shape index (κ1) is 16.1. The number of aliphatic carboxylic acids is 2. The number of carboxylic acids is 2. The Balaban J connectivity index is 1.50. The van der Waals surface area contributed by atoms with E-state index in [0.717, 1.165) is 13.1 Å². The first-order valence-corrected chi connectivity index (χ1v) is 8.55. The van der Waals surface area contributed by atoms with Gasteiger partial charge in [-0.25, -0.2) is 0 Å². The Labute approximate surface area is 145 Å². The van der Waals surface area contributed by atoms with Crippen molar-refractivity contribution in [2.45, 2.75) is 25.8 Å². The second-order valence-corrected chi connectivity index (χ2v) is 7.70. The van der Waals surface area contributed by atoms with E-state index in [9.17, 15) is 19.8 Å². The van der Waals surface area contributed by atoms with Gasteiger partial charge in [-0.1, -0.05) is 42.5 Å². The zero-order valence-corrected chi connectivity index (χ0v) is 14.1. The molecule has 5 nitrogen and oxygen atoms in total. The number of benzene rings is 2. The summed E-state index contributed by atoms with van der Waals surface area (Å²) >= 11 is 0. The Morgan fingerprint density at radius 3 is 2.24 bits per heavy atom. The van der Waals surface area contributed by atoms with Gasteiger partial charge in [0.05, 0.1) is 0 Å². The number of carboxylic acid groups (broad SMARTS) is 2. The van der Waals surface area contributed by atoms with Crippen LogP contribution in [0.4, 0.5) is 0 Å². The molecule has 1 atom stereocenters. The Morgan fingerprint density at radius 2 is 1.60 bits per heavy atom. The lowest BCUT2D eigenvalue weighted by Gasteiger charge is -2.62. The highest BCUT2D eigenvalue weighted by Gasteiger charge is 2.67. The molecule has 4 rings (SSSR count). The number of rotatable bonds is 4. The van der Waals surface area contributed by atoms with Gasteiger partial charge >= 0.3 is 11.9 Å². The van der Waals surface area contributed by atoms with E-state index >= 15 is 0 Å². The number of likely N-dealkylation sites (tertiary alicyclic amines) is 1. The second-order valence-electron chi connectivity index (χ2n) is 7.70. The lowest BCUT2D eigenvalue weighted by molar-refractivity contribution is -0.202. The van der Waals surface area contributed by atoms with Crippen LogP contribution in [0.1, 0.15) is 31.4 Å². The maximum Gasteiger partial charge on any atom is 0.321 e. The Morgan fingerprint density at radius 1 is 1.00 bits per heavy atom. The first-order chi connectivity index (χ1) is 11.9. The summed E-state index contributed by atoms with van der Waals surface area (Å²) in [6.07, 6.45) is 0.479. The topological polar surface area (TPSA) is 77.8 Å². The van der Waals surface area contributed by atoms with Crippen molar-refractivity contribution in [3.8, 4) is 0 Å². The Kier molecular flexibility index (Phi) is 3.41. The molecule has 0 aromatic heterocycles. The summed E-state index contributed by atoms with van der Waals surface area (Å²) in [6.45, 7) is 3.69. The van der Waals surface area contributed by atoms with Crippen molar-refractivity contribution in [2.75, 3.05) is 13.1 Å². The van der Waals surface area contributed by atoms with E-state index in [-0.39, 0.29) is 24.3 Å². The maximum absolute atomic E-state index is 11.4. The Hall–Kier alpha value is -2.40. The number of hydrogen-bond donors (Lipinski definition) is 2. The molecule has 1 heterocycles. The van der Waals surface area contributed by atoms with Crippen molar-refractivity contribution in [2.24, 2.45) is 10.8 Å². The van der Waals surface area contributed by atoms with Gasteiger partial charge in [0.25, 0.3) is 0 Å². The van der Waals surface area contributed by atoms with Gasteiger partial charge in [0.2, 0.25) is 0 Å². The molecule has 0 radical (unpaired) electrons. The summed E-state index contributed by atoms with van der Waals surface area (Å²) in [6, 6.07) is 14.8. The molecule has 1 saturated carbocycles. The molecule has 2 fully saturated rings. The molecule has 5 heteroatoms. The summed E-state index contributed by atoms with van der Waals surface area (Å²) in [4.78, 5) is 25.0. The first-order valence-electron chi connectivity index (χ1n) is 8.55. The van der Waals surface area contributed by atoms with Crippen molar-refractivity contribution >= 4 is 22.7 Å². The van der Waals surface area contributed by atoms with Crippen LogP contribution in [-0.2, 0) is 9.59 Å². The molecule has 130 valence electrons. The van der Waals surface area contributed by atoms with Crippen molar-refractivity contribution in [3.63, 3.8) is 0 Å². The maximum atomic E-state index is 11.4. The SMILES string of the molecule is C[C@H](c1cccc2ccccc12)N1CC2(C1)CC(C(=O)O)(C(=O)O)C2. The van der Waals surface area contributed by atoms with Crippen molar-refractivity contribution in [3.05, 3.63) is 48.0 Å². The predicted octanol–water partition coefficient (Wildman–Crippen LogP) is 3.15. The second kappa shape index (κ2) is 5.30. The number of hydrogen-bond acceptors (Lipinski definition) is 3. The van der Waals surface area contributed by atoms with Gasteiger partial charge in [0.15, 0.2) is 5.41 Å². The third-order valence-electron chi connectivity index (χ3n) is 6.07. The van der Waals surface area contributed by atoms with Gasteiger partial charge in [-0.05, 0) is 41.5 Å². The van der Waals surface area contributed by atoms with E-state index in [4.69, 9.17) is 0 Å². The van der Waals surface area contributed by atoms with E-state index in [2.05, 4.69) is 42.2 Å². The average Bonchev–Trinajstić information content (AvgIpc) is 2.51. The van der Waals surface area contributed by atoms with Crippen LogP contribution in [0.5, 0.6) is 0 Å². The summed E-state index contributed by atoms with van der Waals surface area (Å²) in [5.74, 6) is -2.41. The van der Waals surface area contributed by atoms with Gasteiger partial charge in [0, 0.05) is 19.1 Å². The quantitative estimate of drug-likeness (QED) is 0.837. The predicted molar refractivity (Wildman–Crippen MR) is 93.3 cm³/mol. The molecule has 1 aliphatic carbocycles. The fraction of sp³-hybridized carbons (Fsp3) is 0.400. The average molecular weight is 339 g/mol. The normalized spacial score (nSPS) is 22.1. The van der Waals surface area contributed by atoms with Gasteiger partial charge in [-0.15, -0.1) is 0 Å². The van der Waals surface area contributed by atoms with Crippen LogP contribution in [0, 0.1) is 10.8 Å². The fourth-order valence-electron chi connectivity index (χ4n) is 4.75. The molecule has 25 heavy (non-hydrogen) atoms. The highest BCUT2D eigenvalue weighted by atomic mass is 16.4. The zero-order valence-electron chi connectivity index (χ0n) is 14.1. The number of nitrogens with zero attached hydrogens (tertiary/aromatic N) is 1. The number of carbonyl (C=O) groups is 2. The molecule has 0 amide bonds. The zero-order chi connectivity index (χ0) is 17.8. The van der Waals surface area contributed by atoms with Crippen LogP contribution in [-0.4, -0.2) is 40.1 Å². The van der Waals surface area contributed by atoms with E-state index in [0.29, 0.717) is 0 Å². The minimum atomic E-state index is -1.57. The monoisotopic (exact) mass is 339 g/mol. The molecule has 1 saturated heterocycles. The van der Waals surface area contributed by atoms with Crippen LogP contribution >= 0.6 is 0 Å². The van der Waals surface area contributed by atoms with Gasteiger partial charge in [-0.3, -0.25) is 14.5 Å². The summed E-state index contributed by atoms with van der Waals surface area (Å²) in [5.41, 5.74) is -0.459. The molecule has 2 aliphatic rings. The molecular formula is C20H21NO4. The minimum Gasteiger partial charge on any atom is -0.480 e. The third kappa shape index (κ3) is 2.26. The smallest absolute Gasteiger partial charge is 0.321 e. The lowest BCUT2D eigenvalue weighted by Crippen LogP contribution is -2.69. The lowest BCUT2D eigenvalue weighted by atomic mass is 9.49. The van der Waals surface area contributed by atoms with Crippen molar-refractivity contribution < 1.29 is 19.8 Å². The van der Waals surface area contributed by atoms with Gasteiger partial charge in [-0.2, -0.15) is 0 Å². The molecule has 0 bridgehead atoms. The largest absolute Gasteiger partial charge is 0.480 e. The highest BCUT2D eigenvalue weighted by Crippen LogP contribution is 2.60. The molecule has 1 spiro atoms. The standard InChI is InChI=1S/C20H21NO4/c1-13(15-8-4-6-14-5-2-3-7-16(14)15)21-11-19(12-21)9-20(10-19,17(22)23)18(24)25/h2-8,13H,9-12H2,1H3,(H,22,23)(H,24,25)/t13-/m1/s1. The Bertz CT molecular complexity index is 840. The van der Waals surface area contributed by atoms with Crippen molar-refractivity contribution in [1.82, 2.24) is 4.90 Å². The molecule has 2 N–H and O–H groups in total.